The van der Waals surface area contributed by atoms with Gasteiger partial charge in [-0.1, -0.05) is 6.92 Å². The first-order chi connectivity index (χ1) is 7.16. The first-order valence-electron chi connectivity index (χ1n) is 4.98. The Hall–Kier alpha value is -0.420. The summed E-state index contributed by atoms with van der Waals surface area (Å²) in [6.07, 6.45) is 0. The summed E-state index contributed by atoms with van der Waals surface area (Å²) in [6, 6.07) is 1.54. The normalized spacial score (nSPS) is 26.5. The summed E-state index contributed by atoms with van der Waals surface area (Å²) in [6.45, 7) is 4.06. The molecule has 1 aliphatic rings. The molecule has 1 aliphatic heterocycles. The molecule has 0 aliphatic carbocycles. The van der Waals surface area contributed by atoms with Crippen LogP contribution in [0, 0.1) is 6.92 Å². The minimum atomic E-state index is -0.0409. The lowest BCUT2D eigenvalue weighted by atomic mass is 10.3. The van der Waals surface area contributed by atoms with E-state index in [1.54, 1.807) is 0 Å². The van der Waals surface area contributed by atoms with E-state index < -0.39 is 0 Å². The number of aryl methyl sites for hydroxylation is 1. The van der Waals surface area contributed by atoms with Crippen LogP contribution in [-0.2, 0) is 0 Å². The number of hydrogen-bond acceptors (Lipinski definition) is 4. The Balaban J connectivity index is 2.31. The van der Waals surface area contributed by atoms with E-state index in [0.717, 1.165) is 17.3 Å². The molecule has 0 spiro atoms. The van der Waals surface area contributed by atoms with E-state index >= 15 is 0 Å². The Morgan fingerprint density at radius 2 is 2.20 bits per heavy atom. The highest BCUT2D eigenvalue weighted by atomic mass is 32.2. The lowest BCUT2D eigenvalue weighted by Crippen LogP contribution is -2.21. The number of thioether (sulfide) groups is 2. The Bertz CT molecular complexity index is 405. The Kier molecular flexibility index (Phi) is 3.41. The van der Waals surface area contributed by atoms with Gasteiger partial charge in [-0.2, -0.15) is 11.8 Å². The number of hydrogen-bond donors (Lipinski definition) is 1. The molecule has 2 atom stereocenters. The zero-order valence-corrected chi connectivity index (χ0v) is 10.5. The molecule has 1 aromatic heterocycles. The zero-order valence-electron chi connectivity index (χ0n) is 8.82. The first kappa shape index (κ1) is 11.1. The van der Waals surface area contributed by atoms with Gasteiger partial charge in [0.2, 0.25) is 0 Å². The van der Waals surface area contributed by atoms with Crippen molar-refractivity contribution in [3.05, 3.63) is 27.9 Å². The molecule has 82 valence electrons. The lowest BCUT2D eigenvalue weighted by molar-refractivity contribution is 0.805. The number of nitrogens with one attached hydrogen (secondary N) is 1. The highest BCUT2D eigenvalue weighted by Crippen LogP contribution is 2.40. The molecule has 0 amide bonds. The van der Waals surface area contributed by atoms with E-state index in [4.69, 9.17) is 0 Å². The Morgan fingerprint density at radius 1 is 1.47 bits per heavy atom. The van der Waals surface area contributed by atoms with Crippen molar-refractivity contribution in [3.63, 3.8) is 0 Å². The maximum atomic E-state index is 11.3. The largest absolute Gasteiger partial charge is 0.310 e. The molecule has 1 aromatic rings. The van der Waals surface area contributed by atoms with Crippen LogP contribution in [-0.4, -0.2) is 26.7 Å². The maximum absolute atomic E-state index is 11.3. The topological polar surface area (TPSA) is 45.8 Å². The molecule has 0 radical (unpaired) electrons. The number of aromatic amines is 1. The Morgan fingerprint density at radius 3 is 2.87 bits per heavy atom. The van der Waals surface area contributed by atoms with Crippen LogP contribution in [0.2, 0.25) is 0 Å². The first-order valence-corrected chi connectivity index (χ1v) is 7.07. The van der Waals surface area contributed by atoms with Gasteiger partial charge in [0.05, 0.1) is 5.25 Å². The van der Waals surface area contributed by atoms with Gasteiger partial charge < -0.3 is 4.98 Å². The van der Waals surface area contributed by atoms with Crippen molar-refractivity contribution < 1.29 is 0 Å². The minimum absolute atomic E-state index is 0.0409. The van der Waals surface area contributed by atoms with Crippen LogP contribution < -0.4 is 5.56 Å². The van der Waals surface area contributed by atoms with Crippen molar-refractivity contribution >= 4 is 23.5 Å². The van der Waals surface area contributed by atoms with E-state index in [1.807, 2.05) is 30.4 Å². The van der Waals surface area contributed by atoms with Gasteiger partial charge in [-0.3, -0.25) is 4.79 Å². The predicted octanol–water partition coefficient (Wildman–Crippen LogP) is 1.99. The van der Waals surface area contributed by atoms with Gasteiger partial charge in [-0.25, -0.2) is 4.98 Å². The average molecular weight is 242 g/mol. The quantitative estimate of drug-likeness (QED) is 0.818. The van der Waals surface area contributed by atoms with E-state index in [2.05, 4.69) is 16.9 Å². The van der Waals surface area contributed by atoms with Gasteiger partial charge in [0.25, 0.3) is 5.56 Å². The van der Waals surface area contributed by atoms with Crippen molar-refractivity contribution in [1.29, 1.82) is 0 Å². The summed E-state index contributed by atoms with van der Waals surface area (Å²) >= 11 is 3.84. The van der Waals surface area contributed by atoms with Crippen molar-refractivity contribution in [2.45, 2.75) is 24.3 Å². The SMILES string of the molecule is Cc1cc(=O)[nH]c(C2SCCSC2C)n1. The van der Waals surface area contributed by atoms with Crippen molar-refractivity contribution in [3.8, 4) is 0 Å². The Labute approximate surface area is 97.5 Å². The van der Waals surface area contributed by atoms with Crippen molar-refractivity contribution in [1.82, 2.24) is 9.97 Å². The molecule has 3 nitrogen and oxygen atoms in total. The highest BCUT2D eigenvalue weighted by molar-refractivity contribution is 8.06. The molecule has 0 bridgehead atoms. The van der Waals surface area contributed by atoms with Gasteiger partial charge >= 0.3 is 0 Å². The molecule has 0 saturated carbocycles. The molecule has 5 heteroatoms. The third kappa shape index (κ3) is 2.58. The van der Waals surface area contributed by atoms with Crippen LogP contribution in [0.1, 0.15) is 23.7 Å². The van der Waals surface area contributed by atoms with Crippen LogP contribution >= 0.6 is 23.5 Å². The minimum Gasteiger partial charge on any atom is -0.310 e. The second kappa shape index (κ2) is 4.61. The van der Waals surface area contributed by atoms with E-state index in [-0.39, 0.29) is 5.56 Å². The summed E-state index contributed by atoms with van der Waals surface area (Å²) in [4.78, 5) is 18.6. The smallest absolute Gasteiger partial charge is 0.251 e. The van der Waals surface area contributed by atoms with E-state index in [9.17, 15) is 4.79 Å². The highest BCUT2D eigenvalue weighted by Gasteiger charge is 2.26. The summed E-state index contributed by atoms with van der Waals surface area (Å²) in [5, 5.41) is 0.852. The molecule has 2 rings (SSSR count). The molecule has 1 fully saturated rings. The van der Waals surface area contributed by atoms with Gasteiger partial charge in [0.15, 0.2) is 0 Å². The van der Waals surface area contributed by atoms with Gasteiger partial charge in [-0.05, 0) is 6.92 Å². The molecular weight excluding hydrogens is 228 g/mol. The molecule has 1 N–H and O–H groups in total. The van der Waals surface area contributed by atoms with Crippen molar-refractivity contribution in [2.75, 3.05) is 11.5 Å². The summed E-state index contributed by atoms with van der Waals surface area (Å²) in [7, 11) is 0. The van der Waals surface area contributed by atoms with Gasteiger partial charge in [0, 0.05) is 28.5 Å². The summed E-state index contributed by atoms with van der Waals surface area (Å²) in [5.74, 6) is 3.17. The van der Waals surface area contributed by atoms with Crippen LogP contribution in [0.4, 0.5) is 0 Å². The fourth-order valence-corrected chi connectivity index (χ4v) is 4.38. The zero-order chi connectivity index (χ0) is 10.8. The number of H-pyrrole nitrogens is 1. The second-order valence-electron chi connectivity index (χ2n) is 3.64. The molecular formula is C10H14N2OS2. The average Bonchev–Trinajstić information content (AvgIpc) is 2.16. The number of aromatic nitrogens is 2. The standard InChI is InChI=1S/C10H14N2OS2/c1-6-5-8(13)12-10(11-6)9-7(2)14-3-4-15-9/h5,7,9H,3-4H2,1-2H3,(H,11,12,13). The molecule has 2 heterocycles. The molecule has 0 aromatic carbocycles. The third-order valence-electron chi connectivity index (χ3n) is 2.35. The number of nitrogens with zero attached hydrogens (tertiary/aromatic N) is 1. The summed E-state index contributed by atoms with van der Waals surface area (Å²) in [5.41, 5.74) is 0.762. The van der Waals surface area contributed by atoms with E-state index in [1.165, 1.54) is 11.8 Å². The van der Waals surface area contributed by atoms with Crippen LogP contribution in [0.25, 0.3) is 0 Å². The predicted molar refractivity (Wildman–Crippen MR) is 66.7 cm³/mol. The molecule has 2 unspecified atom stereocenters. The van der Waals surface area contributed by atoms with E-state index in [0.29, 0.717) is 10.5 Å². The second-order valence-corrected chi connectivity index (χ2v) is 6.37. The monoisotopic (exact) mass is 242 g/mol. The number of rotatable bonds is 1. The third-order valence-corrected chi connectivity index (χ3v) is 5.44. The van der Waals surface area contributed by atoms with Crippen LogP contribution in [0.3, 0.4) is 0 Å². The molecule has 1 saturated heterocycles. The lowest BCUT2D eigenvalue weighted by Gasteiger charge is -2.26. The molecule has 15 heavy (non-hydrogen) atoms. The van der Waals surface area contributed by atoms with Crippen molar-refractivity contribution in [2.24, 2.45) is 0 Å². The fourth-order valence-electron chi connectivity index (χ4n) is 1.67. The maximum Gasteiger partial charge on any atom is 0.251 e. The summed E-state index contributed by atoms with van der Waals surface area (Å²) < 4.78 is 0. The van der Waals surface area contributed by atoms with Crippen LogP contribution in [0.15, 0.2) is 10.9 Å². The van der Waals surface area contributed by atoms with Gasteiger partial charge in [0.1, 0.15) is 5.82 Å². The van der Waals surface area contributed by atoms with Gasteiger partial charge in [-0.15, -0.1) is 11.8 Å². The fraction of sp³-hybridized carbons (Fsp3) is 0.600. The van der Waals surface area contributed by atoms with Crippen LogP contribution in [0.5, 0.6) is 0 Å².